The molecule has 0 aliphatic carbocycles. The number of aliphatic hydroxyl groups is 2. The lowest BCUT2D eigenvalue weighted by atomic mass is 10.1. The summed E-state index contributed by atoms with van der Waals surface area (Å²) in [5.74, 6) is 0. The molecule has 0 saturated carbocycles. The molecule has 0 radical (unpaired) electrons. The minimum atomic E-state index is -0.483. The fraction of sp³-hybridized carbons (Fsp3) is 0.611. The number of nitrogens with two attached hydrogens (primary N) is 1. The predicted molar refractivity (Wildman–Crippen MR) is 96.8 cm³/mol. The zero-order chi connectivity index (χ0) is 18.2. The van der Waals surface area contributed by atoms with Crippen LogP contribution in [0.2, 0.25) is 0 Å². The Hall–Kier alpha value is -1.79. The monoisotopic (exact) mass is 340 g/mol. The van der Waals surface area contributed by atoms with Crippen molar-refractivity contribution in [1.29, 1.82) is 0 Å². The number of rotatable bonds is 9. The largest absolute Gasteiger partial charge is 0.450 e. The third kappa shape index (κ3) is 11.7. The number of carbonyl (C=O) groups is 1. The Morgan fingerprint density at radius 2 is 1.79 bits per heavy atom. The average Bonchev–Trinajstić information content (AvgIpc) is 2.58. The molecule has 5 N–H and O–H groups in total. The van der Waals surface area contributed by atoms with Crippen LogP contribution in [0.1, 0.15) is 45.1 Å². The highest BCUT2D eigenvalue weighted by Gasteiger charge is 2.12. The Bertz CT molecular complexity index is 422. The molecule has 0 aromatic heterocycles. The molecule has 1 aromatic carbocycles. The molecular formula is C18H32N2O4. The molecule has 0 saturated heterocycles. The van der Waals surface area contributed by atoms with Crippen molar-refractivity contribution in [3.63, 3.8) is 0 Å². The number of hydrogen-bond donors (Lipinski definition) is 4. The van der Waals surface area contributed by atoms with E-state index in [1.807, 2.05) is 19.1 Å². The molecule has 1 aromatic rings. The standard InChI is InChI=1S/C14H22N2O3.C4H10O/c1-2-3-8-19-14(18)16-13(10-17)9-11-4-6-12(15)7-5-11;1-2-3-4-5/h4-7,13,17H,2-3,8-10,15H2,1H3,(H,16,18);5H,2-4H2,1H3. The molecule has 0 fully saturated rings. The van der Waals surface area contributed by atoms with Gasteiger partial charge in [0.1, 0.15) is 0 Å². The fourth-order valence-corrected chi connectivity index (χ4v) is 1.78. The maximum Gasteiger partial charge on any atom is 0.407 e. The van der Waals surface area contributed by atoms with E-state index < -0.39 is 6.09 Å². The van der Waals surface area contributed by atoms with Crippen molar-refractivity contribution in [3.8, 4) is 0 Å². The number of unbranched alkanes of at least 4 members (excludes halogenated alkanes) is 2. The molecule has 0 bridgehead atoms. The lowest BCUT2D eigenvalue weighted by molar-refractivity contribution is 0.134. The number of carbonyl (C=O) groups excluding carboxylic acids is 1. The van der Waals surface area contributed by atoms with Crippen LogP contribution in [0.5, 0.6) is 0 Å². The van der Waals surface area contributed by atoms with Gasteiger partial charge >= 0.3 is 6.09 Å². The molecular weight excluding hydrogens is 308 g/mol. The summed E-state index contributed by atoms with van der Waals surface area (Å²) in [5.41, 5.74) is 7.29. The third-order valence-corrected chi connectivity index (χ3v) is 3.25. The van der Waals surface area contributed by atoms with Gasteiger partial charge < -0.3 is 26.0 Å². The van der Waals surface area contributed by atoms with Crippen molar-refractivity contribution in [1.82, 2.24) is 5.32 Å². The highest BCUT2D eigenvalue weighted by Crippen LogP contribution is 2.08. The molecule has 0 heterocycles. The van der Waals surface area contributed by atoms with Crippen LogP contribution in [0.25, 0.3) is 0 Å². The number of aliphatic hydroxyl groups excluding tert-OH is 2. The van der Waals surface area contributed by atoms with Crippen molar-refractivity contribution in [3.05, 3.63) is 29.8 Å². The van der Waals surface area contributed by atoms with Gasteiger partial charge in [0.05, 0.1) is 19.3 Å². The Labute approximate surface area is 145 Å². The lowest BCUT2D eigenvalue weighted by Crippen LogP contribution is -2.39. The summed E-state index contributed by atoms with van der Waals surface area (Å²) in [6.07, 6.45) is 3.91. The van der Waals surface area contributed by atoms with Gasteiger partial charge in [0, 0.05) is 12.3 Å². The highest BCUT2D eigenvalue weighted by molar-refractivity contribution is 5.67. The highest BCUT2D eigenvalue weighted by atomic mass is 16.5. The first-order valence-corrected chi connectivity index (χ1v) is 8.56. The van der Waals surface area contributed by atoms with E-state index in [0.717, 1.165) is 31.2 Å². The number of benzene rings is 1. The summed E-state index contributed by atoms with van der Waals surface area (Å²) in [4.78, 5) is 11.5. The molecule has 1 atom stereocenters. The SMILES string of the molecule is CCCCO.CCCCOC(=O)NC(CO)Cc1ccc(N)cc1. The van der Waals surface area contributed by atoms with E-state index in [-0.39, 0.29) is 12.6 Å². The van der Waals surface area contributed by atoms with Crippen LogP contribution in [0.15, 0.2) is 24.3 Å². The van der Waals surface area contributed by atoms with E-state index in [9.17, 15) is 9.90 Å². The summed E-state index contributed by atoms with van der Waals surface area (Å²) >= 11 is 0. The Morgan fingerprint density at radius 1 is 1.17 bits per heavy atom. The van der Waals surface area contributed by atoms with E-state index in [1.54, 1.807) is 12.1 Å². The molecule has 0 aliphatic heterocycles. The second-order valence-electron chi connectivity index (χ2n) is 5.54. The van der Waals surface area contributed by atoms with Gasteiger partial charge in [0.25, 0.3) is 0 Å². The smallest absolute Gasteiger partial charge is 0.407 e. The number of ether oxygens (including phenoxy) is 1. The van der Waals surface area contributed by atoms with Crippen molar-refractivity contribution in [2.45, 2.75) is 52.0 Å². The van der Waals surface area contributed by atoms with Gasteiger partial charge in [-0.2, -0.15) is 0 Å². The summed E-state index contributed by atoms with van der Waals surface area (Å²) < 4.78 is 4.99. The van der Waals surface area contributed by atoms with E-state index in [2.05, 4.69) is 12.2 Å². The van der Waals surface area contributed by atoms with Crippen LogP contribution in [0.3, 0.4) is 0 Å². The van der Waals surface area contributed by atoms with Crippen molar-refractivity contribution >= 4 is 11.8 Å². The zero-order valence-electron chi connectivity index (χ0n) is 14.8. The fourth-order valence-electron chi connectivity index (χ4n) is 1.78. The van der Waals surface area contributed by atoms with Crippen molar-refractivity contribution in [2.75, 3.05) is 25.6 Å². The molecule has 0 spiro atoms. The van der Waals surface area contributed by atoms with E-state index in [4.69, 9.17) is 15.6 Å². The number of nitrogen functional groups attached to an aromatic ring is 1. The van der Waals surface area contributed by atoms with Crippen LogP contribution in [-0.4, -0.2) is 42.2 Å². The second-order valence-corrected chi connectivity index (χ2v) is 5.54. The maximum absolute atomic E-state index is 11.5. The van der Waals surface area contributed by atoms with E-state index >= 15 is 0 Å². The van der Waals surface area contributed by atoms with Gasteiger partial charge in [0.2, 0.25) is 0 Å². The molecule has 1 unspecified atom stereocenters. The quantitative estimate of drug-likeness (QED) is 0.408. The van der Waals surface area contributed by atoms with Gasteiger partial charge in [-0.1, -0.05) is 38.8 Å². The number of hydrogen-bond acceptors (Lipinski definition) is 5. The Morgan fingerprint density at radius 3 is 2.25 bits per heavy atom. The van der Waals surface area contributed by atoms with E-state index in [0.29, 0.717) is 25.3 Å². The molecule has 1 amide bonds. The van der Waals surface area contributed by atoms with Gasteiger partial charge in [-0.3, -0.25) is 0 Å². The van der Waals surface area contributed by atoms with Crippen LogP contribution in [0, 0.1) is 0 Å². The molecule has 0 aliphatic rings. The number of nitrogens with one attached hydrogen (secondary N) is 1. The minimum Gasteiger partial charge on any atom is -0.450 e. The third-order valence-electron chi connectivity index (χ3n) is 3.25. The summed E-state index contributed by atoms with van der Waals surface area (Å²) in [7, 11) is 0. The van der Waals surface area contributed by atoms with Gasteiger partial charge in [-0.05, 0) is 37.0 Å². The van der Waals surface area contributed by atoms with Gasteiger partial charge in [0.15, 0.2) is 0 Å². The van der Waals surface area contributed by atoms with Crippen LogP contribution >= 0.6 is 0 Å². The van der Waals surface area contributed by atoms with Crippen LogP contribution in [0.4, 0.5) is 10.5 Å². The topological polar surface area (TPSA) is 105 Å². The Kier molecular flexibility index (Phi) is 13.7. The predicted octanol–water partition coefficient (Wildman–Crippen LogP) is 2.48. The Balaban J connectivity index is 0.000000922. The number of alkyl carbamates (subject to hydrolysis) is 1. The molecule has 138 valence electrons. The van der Waals surface area contributed by atoms with Crippen LogP contribution in [-0.2, 0) is 11.2 Å². The second kappa shape index (κ2) is 14.8. The van der Waals surface area contributed by atoms with Crippen LogP contribution < -0.4 is 11.1 Å². The molecule has 6 nitrogen and oxygen atoms in total. The summed E-state index contributed by atoms with van der Waals surface area (Å²) in [6, 6.07) is 6.99. The average molecular weight is 340 g/mol. The normalized spacial score (nSPS) is 11.2. The van der Waals surface area contributed by atoms with Gasteiger partial charge in [-0.25, -0.2) is 4.79 Å². The first-order valence-electron chi connectivity index (χ1n) is 8.56. The lowest BCUT2D eigenvalue weighted by Gasteiger charge is -2.16. The number of amides is 1. The molecule has 1 rings (SSSR count). The first kappa shape index (κ1) is 22.2. The minimum absolute atomic E-state index is 0.132. The number of anilines is 1. The molecule has 24 heavy (non-hydrogen) atoms. The van der Waals surface area contributed by atoms with Crippen molar-refractivity contribution in [2.24, 2.45) is 0 Å². The molecule has 6 heteroatoms. The first-order chi connectivity index (χ1) is 11.6. The van der Waals surface area contributed by atoms with Crippen molar-refractivity contribution < 1.29 is 19.7 Å². The summed E-state index contributed by atoms with van der Waals surface area (Å²) in [5, 5.41) is 20.0. The van der Waals surface area contributed by atoms with Gasteiger partial charge in [-0.15, -0.1) is 0 Å². The zero-order valence-corrected chi connectivity index (χ0v) is 14.8. The van der Waals surface area contributed by atoms with E-state index in [1.165, 1.54) is 0 Å². The summed E-state index contributed by atoms with van der Waals surface area (Å²) in [6.45, 7) is 4.70. The maximum atomic E-state index is 11.5.